The zero-order chi connectivity index (χ0) is 20.0. The minimum Gasteiger partial charge on any atom is -0.768 e. The molecule has 2 rings (SSSR count). The zero-order valence-corrected chi connectivity index (χ0v) is 21.5. The fourth-order valence-electron chi connectivity index (χ4n) is 1.56. The molecule has 2 aromatic carbocycles. The Morgan fingerprint density at radius 2 is 1.00 bits per heavy atom. The summed E-state index contributed by atoms with van der Waals surface area (Å²) >= 11 is 6.08. The summed E-state index contributed by atoms with van der Waals surface area (Å²) in [5, 5.41) is 17.3. The van der Waals surface area contributed by atoms with Gasteiger partial charge in [0.25, 0.3) is 0 Å². The van der Waals surface area contributed by atoms with Crippen molar-refractivity contribution in [2.75, 3.05) is 0 Å². The van der Waals surface area contributed by atoms with Gasteiger partial charge in [-0.05, 0) is 58.6 Å². The van der Waals surface area contributed by atoms with Gasteiger partial charge in [0, 0.05) is 19.8 Å². The van der Waals surface area contributed by atoms with Crippen LogP contribution in [0.2, 0.25) is 10.0 Å². The molecule has 2 atom stereocenters. The maximum absolute atomic E-state index is 10.5. The Bertz CT molecular complexity index is 773. The maximum Gasteiger partial charge on any atom is 1.00 e. The van der Waals surface area contributed by atoms with Crippen molar-refractivity contribution < 1.29 is 96.4 Å². The summed E-state index contributed by atoms with van der Waals surface area (Å²) in [6.07, 6.45) is 0. The SMILES string of the molecule is O=C(O)c1cc(Cl)cc(S(=O)[O-])c1.O=C(O)c1cc(Cl)cc(S(=O)[O-])c1.[Na+].[Na+]. The third-order valence-corrected chi connectivity index (χ3v) is 4.30. The van der Waals surface area contributed by atoms with Crippen molar-refractivity contribution in [3.63, 3.8) is 0 Å². The van der Waals surface area contributed by atoms with Gasteiger partial charge in [-0.25, -0.2) is 9.59 Å². The molecule has 14 heteroatoms. The van der Waals surface area contributed by atoms with Crippen LogP contribution in [0.5, 0.6) is 0 Å². The Balaban J connectivity index is 0. The van der Waals surface area contributed by atoms with Crippen molar-refractivity contribution >= 4 is 57.3 Å². The Morgan fingerprint density at radius 3 is 1.21 bits per heavy atom. The van der Waals surface area contributed by atoms with Crippen LogP contribution in [0.4, 0.5) is 0 Å². The van der Waals surface area contributed by atoms with Crippen LogP contribution in [0.3, 0.4) is 0 Å². The maximum atomic E-state index is 10.5. The molecule has 0 amide bonds. The molecule has 28 heavy (non-hydrogen) atoms. The first-order chi connectivity index (χ1) is 12.0. The van der Waals surface area contributed by atoms with E-state index in [4.69, 9.17) is 33.4 Å². The van der Waals surface area contributed by atoms with Gasteiger partial charge >= 0.3 is 71.1 Å². The summed E-state index contributed by atoms with van der Waals surface area (Å²) in [6.45, 7) is 0. The molecule has 0 fully saturated rings. The number of carboxylic acids is 2. The first kappa shape index (κ1) is 30.4. The Labute approximate surface area is 218 Å². The molecule has 0 aromatic heterocycles. The van der Waals surface area contributed by atoms with Gasteiger partial charge in [0.1, 0.15) is 0 Å². The number of carboxylic acid groups (broad SMARTS) is 2. The second kappa shape index (κ2) is 14.2. The van der Waals surface area contributed by atoms with Crippen molar-refractivity contribution in [3.8, 4) is 0 Å². The molecule has 0 aliphatic carbocycles. The van der Waals surface area contributed by atoms with Crippen LogP contribution in [0.15, 0.2) is 46.2 Å². The number of rotatable bonds is 4. The van der Waals surface area contributed by atoms with Gasteiger partial charge < -0.3 is 19.3 Å². The minimum absolute atomic E-state index is 0. The van der Waals surface area contributed by atoms with Crippen molar-refractivity contribution in [2.45, 2.75) is 9.79 Å². The molecular weight excluding hydrogens is 477 g/mol. The van der Waals surface area contributed by atoms with Crippen LogP contribution in [0.25, 0.3) is 0 Å². The monoisotopic (exact) mass is 484 g/mol. The predicted molar refractivity (Wildman–Crippen MR) is 91.2 cm³/mol. The summed E-state index contributed by atoms with van der Waals surface area (Å²) in [4.78, 5) is 20.7. The van der Waals surface area contributed by atoms with E-state index in [1.54, 1.807) is 0 Å². The van der Waals surface area contributed by atoms with Crippen LogP contribution in [-0.2, 0) is 22.2 Å². The fraction of sp³-hybridized carbons (Fsp3) is 0. The normalized spacial score (nSPS) is 11.6. The van der Waals surface area contributed by atoms with Gasteiger partial charge in [0.05, 0.1) is 11.1 Å². The van der Waals surface area contributed by atoms with Crippen LogP contribution in [0.1, 0.15) is 20.7 Å². The minimum atomic E-state index is -2.46. The van der Waals surface area contributed by atoms with Crippen LogP contribution in [0, 0.1) is 0 Å². The van der Waals surface area contributed by atoms with E-state index in [-0.39, 0.29) is 90.1 Å². The second-order valence-corrected chi connectivity index (χ2v) is 7.19. The first-order valence-electron chi connectivity index (χ1n) is 6.27. The standard InChI is InChI=1S/2C7H5ClO4S.2Na/c2*8-5-1-4(7(9)10)2-6(3-5)13(11)12;;/h2*1-3H,(H,9,10)(H,11,12);;/q;;2*+1/p-2. The molecule has 0 heterocycles. The number of carbonyl (C=O) groups is 2. The summed E-state index contributed by atoms with van der Waals surface area (Å²) in [6, 6.07) is 6.80. The van der Waals surface area contributed by atoms with Crippen molar-refractivity contribution in [1.29, 1.82) is 0 Å². The van der Waals surface area contributed by atoms with Gasteiger partial charge in [0.2, 0.25) is 0 Å². The number of benzene rings is 2. The van der Waals surface area contributed by atoms with Gasteiger partial charge in [-0.2, -0.15) is 0 Å². The van der Waals surface area contributed by atoms with E-state index in [1.165, 1.54) is 24.3 Å². The number of halogens is 2. The molecule has 0 spiro atoms. The molecule has 0 saturated carbocycles. The smallest absolute Gasteiger partial charge is 0.768 e. The third kappa shape index (κ3) is 10.3. The molecule has 140 valence electrons. The van der Waals surface area contributed by atoms with Crippen LogP contribution in [-0.4, -0.2) is 39.7 Å². The molecule has 2 aromatic rings. The van der Waals surface area contributed by atoms with Gasteiger partial charge in [-0.1, -0.05) is 23.2 Å². The quantitative estimate of drug-likeness (QED) is 0.335. The van der Waals surface area contributed by atoms with E-state index in [0.717, 1.165) is 12.1 Å². The van der Waals surface area contributed by atoms with Crippen LogP contribution < -0.4 is 59.1 Å². The van der Waals surface area contributed by atoms with Crippen molar-refractivity contribution in [1.82, 2.24) is 0 Å². The third-order valence-electron chi connectivity index (χ3n) is 2.62. The van der Waals surface area contributed by atoms with E-state index in [9.17, 15) is 27.1 Å². The van der Waals surface area contributed by atoms with E-state index in [0.29, 0.717) is 0 Å². The van der Waals surface area contributed by atoms with Gasteiger partial charge in [-0.3, -0.25) is 8.42 Å². The zero-order valence-electron chi connectivity index (χ0n) is 14.4. The molecular formula is C14H8Cl2Na2O8S2. The van der Waals surface area contributed by atoms with Crippen molar-refractivity contribution in [3.05, 3.63) is 57.6 Å². The Hall–Kier alpha value is 0.180. The summed E-state index contributed by atoms with van der Waals surface area (Å²) in [5.41, 5.74) is -0.293. The van der Waals surface area contributed by atoms with Crippen molar-refractivity contribution in [2.24, 2.45) is 0 Å². The first-order valence-corrected chi connectivity index (χ1v) is 9.18. The van der Waals surface area contributed by atoms with Gasteiger partial charge in [-0.15, -0.1) is 0 Å². The second-order valence-electron chi connectivity index (χ2n) is 4.43. The molecule has 2 unspecified atom stereocenters. The topological polar surface area (TPSA) is 155 Å². The average molecular weight is 485 g/mol. The average Bonchev–Trinajstić information content (AvgIpc) is 2.54. The van der Waals surface area contributed by atoms with Crippen LogP contribution >= 0.6 is 23.2 Å². The largest absolute Gasteiger partial charge is 1.00 e. The van der Waals surface area contributed by atoms with E-state index in [2.05, 4.69) is 0 Å². The molecule has 0 radical (unpaired) electrons. The van der Waals surface area contributed by atoms with E-state index in [1.807, 2.05) is 0 Å². The number of aromatic carboxylic acids is 2. The molecule has 0 aliphatic rings. The molecule has 2 N–H and O–H groups in total. The molecule has 8 nitrogen and oxygen atoms in total. The van der Waals surface area contributed by atoms with E-state index >= 15 is 0 Å². The Morgan fingerprint density at radius 1 is 0.714 bits per heavy atom. The Kier molecular flexibility index (Phi) is 15.4. The van der Waals surface area contributed by atoms with Gasteiger partial charge in [0.15, 0.2) is 0 Å². The summed E-state index contributed by atoms with van der Waals surface area (Å²) in [7, 11) is 0. The predicted octanol–water partition coefficient (Wildman–Crippen LogP) is -3.44. The molecule has 0 aliphatic heterocycles. The number of hydrogen-bond donors (Lipinski definition) is 2. The summed E-state index contributed by atoms with van der Waals surface area (Å²) in [5.74, 6) is -2.43. The summed E-state index contributed by atoms with van der Waals surface area (Å²) < 4.78 is 41.9. The number of hydrogen-bond acceptors (Lipinski definition) is 6. The molecule has 0 bridgehead atoms. The fourth-order valence-corrected chi connectivity index (χ4v) is 3.06. The van der Waals surface area contributed by atoms with E-state index < -0.39 is 34.1 Å². The molecule has 0 saturated heterocycles.